The molecule has 0 saturated carbocycles. The number of hydroxylamine groups is 2. The molecular formula is C9H17FN2O3S. The van der Waals surface area contributed by atoms with E-state index in [1.165, 1.54) is 5.06 Å². The highest BCUT2D eigenvalue weighted by atomic mass is 32.2. The first-order valence-corrected chi connectivity index (χ1v) is 6.45. The minimum Gasteiger partial charge on any atom is -0.340 e. The summed E-state index contributed by atoms with van der Waals surface area (Å²) < 4.78 is 27.6. The van der Waals surface area contributed by atoms with Crippen LogP contribution in [0.1, 0.15) is 13.8 Å². The number of rotatable bonds is 4. The fourth-order valence-electron chi connectivity index (χ4n) is 1.49. The van der Waals surface area contributed by atoms with Gasteiger partial charge in [-0.15, -0.1) is 0 Å². The molecule has 1 rings (SSSR count). The van der Waals surface area contributed by atoms with Gasteiger partial charge in [0, 0.05) is 32.1 Å². The third-order valence-corrected chi connectivity index (χ3v) is 2.88. The molecule has 7 heteroatoms. The van der Waals surface area contributed by atoms with Gasteiger partial charge in [-0.2, -0.15) is 9.35 Å². The van der Waals surface area contributed by atoms with Gasteiger partial charge in [-0.1, -0.05) is 13.8 Å². The molecule has 1 aliphatic heterocycles. The Bertz CT molecular complexity index is 267. The third kappa shape index (κ3) is 3.80. The lowest BCUT2D eigenvalue weighted by atomic mass is 10.2. The topological polar surface area (TPSA) is 49.9 Å². The summed E-state index contributed by atoms with van der Waals surface area (Å²) in [5.74, 6) is 0.0821. The van der Waals surface area contributed by atoms with E-state index in [1.807, 2.05) is 13.8 Å². The van der Waals surface area contributed by atoms with E-state index in [0.29, 0.717) is 26.2 Å². The quantitative estimate of drug-likeness (QED) is 0.722. The van der Waals surface area contributed by atoms with Gasteiger partial charge in [-0.05, 0) is 0 Å². The van der Waals surface area contributed by atoms with Crippen molar-refractivity contribution in [3.63, 3.8) is 0 Å². The van der Waals surface area contributed by atoms with Gasteiger partial charge in [0.25, 0.3) is 0 Å². The van der Waals surface area contributed by atoms with E-state index in [9.17, 15) is 13.4 Å². The molecule has 0 radical (unpaired) electrons. The van der Waals surface area contributed by atoms with E-state index in [1.54, 1.807) is 4.90 Å². The molecule has 94 valence electrons. The molecule has 1 aliphatic rings. The molecule has 0 bridgehead atoms. The van der Waals surface area contributed by atoms with Crippen molar-refractivity contribution in [3.8, 4) is 0 Å². The van der Waals surface area contributed by atoms with Crippen LogP contribution in [0.15, 0.2) is 0 Å². The van der Waals surface area contributed by atoms with Gasteiger partial charge in [0.05, 0.1) is 0 Å². The lowest BCUT2D eigenvalue weighted by Crippen LogP contribution is -2.49. The van der Waals surface area contributed by atoms with Crippen molar-refractivity contribution in [1.29, 1.82) is 0 Å². The number of hydrogen-bond acceptors (Lipinski definition) is 4. The van der Waals surface area contributed by atoms with Crippen LogP contribution in [0, 0.1) is 5.92 Å². The van der Waals surface area contributed by atoms with E-state index in [2.05, 4.69) is 0 Å². The van der Waals surface area contributed by atoms with E-state index in [0.717, 1.165) is 0 Å². The summed E-state index contributed by atoms with van der Waals surface area (Å²) in [6, 6.07) is -1.01. The fraction of sp³-hybridized carbons (Fsp3) is 0.889. The summed E-state index contributed by atoms with van der Waals surface area (Å²) in [4.78, 5) is 13.4. The molecule has 1 unspecified atom stereocenters. The van der Waals surface area contributed by atoms with Crippen molar-refractivity contribution in [3.05, 3.63) is 0 Å². The van der Waals surface area contributed by atoms with Gasteiger partial charge in [0.2, 0.25) is 17.0 Å². The summed E-state index contributed by atoms with van der Waals surface area (Å²) in [5.41, 5.74) is 0. The molecular weight excluding hydrogens is 235 g/mol. The second-order valence-electron chi connectivity index (χ2n) is 3.90. The molecule has 1 atom stereocenters. The highest BCUT2D eigenvalue weighted by molar-refractivity contribution is 7.79. The number of nitrogens with zero attached hydrogens (tertiary/aromatic N) is 2. The zero-order valence-corrected chi connectivity index (χ0v) is 10.3. The maximum Gasteiger partial charge on any atom is 0.225 e. The molecule has 1 fully saturated rings. The molecule has 0 spiro atoms. The highest BCUT2D eigenvalue weighted by Crippen LogP contribution is 2.08. The Morgan fingerprint density at radius 1 is 1.38 bits per heavy atom. The predicted octanol–water partition coefficient (Wildman–Crippen LogP) is 0.309. The zero-order valence-electron chi connectivity index (χ0n) is 9.52. The summed E-state index contributed by atoms with van der Waals surface area (Å²) in [7, 11) is 0. The minimum atomic E-state index is -1.90. The zero-order chi connectivity index (χ0) is 12.1. The van der Waals surface area contributed by atoms with Gasteiger partial charge in [-0.25, -0.2) is 8.60 Å². The second-order valence-corrected chi connectivity index (χ2v) is 4.87. The summed E-state index contributed by atoms with van der Waals surface area (Å²) >= 11 is -1.90. The number of hydrogen-bond donors (Lipinski definition) is 0. The number of carbonyl (C=O) groups is 1. The first kappa shape index (κ1) is 13.5. The third-order valence-electron chi connectivity index (χ3n) is 2.32. The Kier molecular flexibility index (Phi) is 5.30. The first-order chi connectivity index (χ1) is 7.54. The van der Waals surface area contributed by atoms with Crippen LogP contribution in [0.5, 0.6) is 0 Å². The van der Waals surface area contributed by atoms with Gasteiger partial charge < -0.3 is 4.90 Å². The fourth-order valence-corrected chi connectivity index (χ4v) is 1.91. The standard InChI is InChI=1S/C9H17FN2O3S/c1-8(2)9(13)11-3-5-12(6-4-11)15-16(14)7-10/h8H,3-7H2,1-2H3. The number of halogens is 1. The molecule has 1 amide bonds. The summed E-state index contributed by atoms with van der Waals surface area (Å²) in [5, 5.41) is 1.44. The predicted molar refractivity (Wildman–Crippen MR) is 58.2 cm³/mol. The molecule has 0 aromatic carbocycles. The van der Waals surface area contributed by atoms with E-state index < -0.39 is 17.1 Å². The van der Waals surface area contributed by atoms with E-state index in [4.69, 9.17) is 4.28 Å². The second kappa shape index (κ2) is 6.27. The number of amides is 1. The van der Waals surface area contributed by atoms with Gasteiger partial charge in [0.1, 0.15) is 0 Å². The molecule has 0 N–H and O–H groups in total. The normalized spacial score (nSPS) is 20.1. The largest absolute Gasteiger partial charge is 0.340 e. The Hall–Kier alpha value is -0.530. The number of carbonyl (C=O) groups excluding carboxylic acids is 1. The number of alkyl halides is 1. The van der Waals surface area contributed by atoms with Crippen LogP contribution >= 0.6 is 0 Å². The molecule has 1 heterocycles. The Morgan fingerprint density at radius 2 is 1.94 bits per heavy atom. The van der Waals surface area contributed by atoms with Crippen molar-refractivity contribution in [2.24, 2.45) is 5.92 Å². The van der Waals surface area contributed by atoms with Crippen molar-refractivity contribution in [2.75, 3.05) is 32.2 Å². The van der Waals surface area contributed by atoms with Crippen LogP contribution in [0.4, 0.5) is 4.39 Å². The molecule has 5 nitrogen and oxygen atoms in total. The Labute approximate surface area is 97.2 Å². The molecule has 16 heavy (non-hydrogen) atoms. The average Bonchev–Trinajstić information content (AvgIpc) is 2.28. The van der Waals surface area contributed by atoms with Crippen molar-refractivity contribution >= 4 is 17.0 Å². The SMILES string of the molecule is CC(C)C(=O)N1CCN(OS(=O)CF)CC1. The monoisotopic (exact) mass is 252 g/mol. The lowest BCUT2D eigenvalue weighted by molar-refractivity contribution is -0.142. The average molecular weight is 252 g/mol. The molecule has 1 saturated heterocycles. The molecule has 0 aromatic heterocycles. The van der Waals surface area contributed by atoms with Crippen LogP contribution < -0.4 is 0 Å². The van der Waals surface area contributed by atoms with Crippen LogP contribution in [0.25, 0.3) is 0 Å². The Balaban J connectivity index is 2.34. The van der Waals surface area contributed by atoms with Crippen molar-refractivity contribution in [1.82, 2.24) is 9.96 Å². The molecule has 0 aromatic rings. The van der Waals surface area contributed by atoms with Crippen LogP contribution in [-0.4, -0.2) is 52.3 Å². The van der Waals surface area contributed by atoms with Gasteiger partial charge in [0.15, 0.2) is 6.01 Å². The summed E-state index contributed by atoms with van der Waals surface area (Å²) in [6.07, 6.45) is 0. The Morgan fingerprint density at radius 3 is 2.38 bits per heavy atom. The van der Waals surface area contributed by atoms with Crippen molar-refractivity contribution < 1.29 is 17.7 Å². The minimum absolute atomic E-state index is 0.0209. The lowest BCUT2D eigenvalue weighted by Gasteiger charge is -2.33. The molecule has 0 aliphatic carbocycles. The maximum atomic E-state index is 11.9. The van der Waals surface area contributed by atoms with Crippen LogP contribution in [0.2, 0.25) is 0 Å². The summed E-state index contributed by atoms with van der Waals surface area (Å²) in [6.45, 7) is 5.68. The highest BCUT2D eigenvalue weighted by Gasteiger charge is 2.24. The maximum absolute atomic E-state index is 11.9. The van der Waals surface area contributed by atoms with Crippen molar-refractivity contribution in [2.45, 2.75) is 13.8 Å². The van der Waals surface area contributed by atoms with Gasteiger partial charge in [-0.3, -0.25) is 4.79 Å². The van der Waals surface area contributed by atoms with E-state index in [-0.39, 0.29) is 11.8 Å². The smallest absolute Gasteiger partial charge is 0.225 e. The van der Waals surface area contributed by atoms with Crippen LogP contribution in [-0.2, 0) is 20.2 Å². The van der Waals surface area contributed by atoms with Gasteiger partial charge >= 0.3 is 0 Å². The van der Waals surface area contributed by atoms with Crippen LogP contribution in [0.3, 0.4) is 0 Å². The number of piperazine rings is 1. The van der Waals surface area contributed by atoms with E-state index >= 15 is 0 Å². The first-order valence-electron chi connectivity index (χ1n) is 5.21.